The van der Waals surface area contributed by atoms with E-state index in [1.165, 1.54) is 25.9 Å². The molecule has 6 N–H and O–H groups in total. The Morgan fingerprint density at radius 1 is 1.29 bits per heavy atom. The van der Waals surface area contributed by atoms with Gasteiger partial charge in [0.1, 0.15) is 6.61 Å². The molecule has 1 saturated heterocycles. The van der Waals surface area contributed by atoms with Gasteiger partial charge in [-0.1, -0.05) is 0 Å². The second-order valence-electron chi connectivity index (χ2n) is 3.35. The summed E-state index contributed by atoms with van der Waals surface area (Å²) >= 11 is 0. The van der Waals surface area contributed by atoms with Crippen LogP contribution in [0.5, 0.6) is 0 Å². The lowest BCUT2D eigenvalue weighted by molar-refractivity contribution is 0.118. The van der Waals surface area contributed by atoms with Crippen molar-refractivity contribution in [3.63, 3.8) is 0 Å². The molecule has 0 aromatic heterocycles. The van der Waals surface area contributed by atoms with Crippen LogP contribution in [0.1, 0.15) is 12.8 Å². The molecule has 0 spiro atoms. The number of guanidine groups is 1. The van der Waals surface area contributed by atoms with Crippen LogP contribution >= 0.6 is 0 Å². The molecular formula is C7H18N4O5S. The largest absolute Gasteiger partial charge is 0.394 e. The maximum absolute atomic E-state index is 8.74. The molecule has 0 aromatic rings. The van der Waals surface area contributed by atoms with Gasteiger partial charge >= 0.3 is 10.4 Å². The van der Waals surface area contributed by atoms with E-state index in [4.69, 9.17) is 33.8 Å². The molecule has 17 heavy (non-hydrogen) atoms. The standard InChI is InChI=1S/C7H16N4O.H2O4S/c8-7(9)10-12-6-5-11-3-1-2-4-11;1-5(2,3)4/h1-6H2,(H4,8,9,10);(H2,1,2,3,4). The molecule has 0 unspecified atom stereocenters. The Labute approximate surface area is 100.0 Å². The quantitative estimate of drug-likeness (QED) is 0.161. The smallest absolute Gasteiger partial charge is 0.391 e. The van der Waals surface area contributed by atoms with Crippen LogP contribution in [-0.2, 0) is 15.2 Å². The normalized spacial score (nSPS) is 15.9. The van der Waals surface area contributed by atoms with Crippen molar-refractivity contribution in [2.45, 2.75) is 12.8 Å². The first-order valence-corrected chi connectivity index (χ1v) is 6.32. The highest BCUT2D eigenvalue weighted by Crippen LogP contribution is 2.05. The Morgan fingerprint density at radius 3 is 2.18 bits per heavy atom. The summed E-state index contributed by atoms with van der Waals surface area (Å²) in [6.45, 7) is 3.82. The first-order valence-electron chi connectivity index (χ1n) is 4.92. The van der Waals surface area contributed by atoms with Crippen LogP contribution in [0.3, 0.4) is 0 Å². The van der Waals surface area contributed by atoms with E-state index in [9.17, 15) is 0 Å². The number of hydrogen-bond acceptors (Lipinski definition) is 5. The minimum Gasteiger partial charge on any atom is -0.391 e. The van der Waals surface area contributed by atoms with Gasteiger partial charge in [0, 0.05) is 6.54 Å². The second-order valence-corrected chi connectivity index (χ2v) is 4.24. The van der Waals surface area contributed by atoms with E-state index in [-0.39, 0.29) is 5.96 Å². The Balaban J connectivity index is 0.000000437. The average molecular weight is 270 g/mol. The first kappa shape index (κ1) is 15.9. The summed E-state index contributed by atoms with van der Waals surface area (Å²) in [5.74, 6) is -0.0172. The molecule has 0 amide bonds. The zero-order chi connectivity index (χ0) is 13.3. The van der Waals surface area contributed by atoms with Crippen LogP contribution in [0.2, 0.25) is 0 Å². The van der Waals surface area contributed by atoms with Crippen molar-refractivity contribution in [1.29, 1.82) is 0 Å². The third kappa shape index (κ3) is 14.9. The maximum atomic E-state index is 8.74. The molecular weight excluding hydrogens is 252 g/mol. The highest BCUT2D eigenvalue weighted by atomic mass is 32.3. The summed E-state index contributed by atoms with van der Waals surface area (Å²) in [6, 6.07) is 0. The van der Waals surface area contributed by atoms with Crippen molar-refractivity contribution in [1.82, 2.24) is 4.90 Å². The van der Waals surface area contributed by atoms with Gasteiger partial charge in [0.05, 0.1) is 0 Å². The summed E-state index contributed by atoms with van der Waals surface area (Å²) in [6.07, 6.45) is 2.59. The van der Waals surface area contributed by atoms with E-state index < -0.39 is 10.4 Å². The highest BCUT2D eigenvalue weighted by Gasteiger charge is 2.10. The number of nitrogens with two attached hydrogens (primary N) is 2. The Kier molecular flexibility index (Phi) is 7.54. The van der Waals surface area contributed by atoms with Gasteiger partial charge in [0.15, 0.2) is 0 Å². The van der Waals surface area contributed by atoms with Crippen molar-refractivity contribution < 1.29 is 22.4 Å². The van der Waals surface area contributed by atoms with E-state index in [0.29, 0.717) is 6.61 Å². The Morgan fingerprint density at radius 2 is 1.76 bits per heavy atom. The van der Waals surface area contributed by atoms with Crippen LogP contribution in [-0.4, -0.2) is 54.6 Å². The van der Waals surface area contributed by atoms with Gasteiger partial charge in [-0.15, -0.1) is 0 Å². The van der Waals surface area contributed by atoms with Crippen LogP contribution in [0.25, 0.3) is 0 Å². The number of likely N-dealkylation sites (tertiary alicyclic amines) is 1. The molecule has 102 valence electrons. The third-order valence-electron chi connectivity index (χ3n) is 1.87. The van der Waals surface area contributed by atoms with Crippen molar-refractivity contribution in [3.8, 4) is 0 Å². The second kappa shape index (κ2) is 8.06. The third-order valence-corrected chi connectivity index (χ3v) is 1.87. The molecule has 1 fully saturated rings. The number of oxime groups is 1. The fraction of sp³-hybridized carbons (Fsp3) is 0.857. The van der Waals surface area contributed by atoms with Gasteiger partial charge in [0.2, 0.25) is 5.96 Å². The van der Waals surface area contributed by atoms with Crippen LogP contribution in [0, 0.1) is 0 Å². The van der Waals surface area contributed by atoms with Crippen molar-refractivity contribution in [2.24, 2.45) is 16.6 Å². The lowest BCUT2D eigenvalue weighted by Gasteiger charge is -2.12. The first-order chi connectivity index (χ1) is 7.79. The topological polar surface area (TPSA) is 151 Å². The van der Waals surface area contributed by atoms with Gasteiger partial charge in [-0.05, 0) is 31.1 Å². The number of hydrogen-bond donors (Lipinski definition) is 4. The van der Waals surface area contributed by atoms with Crippen molar-refractivity contribution in [3.05, 3.63) is 0 Å². The van der Waals surface area contributed by atoms with E-state index in [2.05, 4.69) is 10.1 Å². The van der Waals surface area contributed by atoms with E-state index in [0.717, 1.165) is 6.54 Å². The fourth-order valence-electron chi connectivity index (χ4n) is 1.30. The van der Waals surface area contributed by atoms with Gasteiger partial charge < -0.3 is 16.3 Å². The zero-order valence-corrected chi connectivity index (χ0v) is 10.1. The van der Waals surface area contributed by atoms with Gasteiger partial charge in [0.25, 0.3) is 0 Å². The molecule has 1 rings (SSSR count). The molecule has 0 aromatic carbocycles. The van der Waals surface area contributed by atoms with Crippen LogP contribution in [0.15, 0.2) is 5.16 Å². The molecule has 0 saturated carbocycles. The van der Waals surface area contributed by atoms with Crippen LogP contribution in [0.4, 0.5) is 0 Å². The zero-order valence-electron chi connectivity index (χ0n) is 9.32. The summed E-state index contributed by atoms with van der Waals surface area (Å²) < 4.78 is 31.6. The summed E-state index contributed by atoms with van der Waals surface area (Å²) in [4.78, 5) is 7.19. The lowest BCUT2D eigenvalue weighted by atomic mass is 10.4. The van der Waals surface area contributed by atoms with E-state index in [1.807, 2.05) is 0 Å². The average Bonchev–Trinajstić information content (AvgIpc) is 2.61. The van der Waals surface area contributed by atoms with Gasteiger partial charge in [-0.2, -0.15) is 8.42 Å². The predicted octanol–water partition coefficient (Wildman–Crippen LogP) is -1.37. The summed E-state index contributed by atoms with van der Waals surface area (Å²) in [5.41, 5.74) is 10.2. The van der Waals surface area contributed by atoms with Crippen molar-refractivity contribution in [2.75, 3.05) is 26.2 Å². The van der Waals surface area contributed by atoms with Gasteiger partial charge in [-0.25, -0.2) is 0 Å². The van der Waals surface area contributed by atoms with Crippen molar-refractivity contribution >= 4 is 16.4 Å². The maximum Gasteiger partial charge on any atom is 0.394 e. The minimum absolute atomic E-state index is 0.0172. The van der Waals surface area contributed by atoms with E-state index >= 15 is 0 Å². The fourth-order valence-corrected chi connectivity index (χ4v) is 1.30. The minimum atomic E-state index is -4.67. The molecule has 0 aliphatic carbocycles. The van der Waals surface area contributed by atoms with E-state index in [1.54, 1.807) is 0 Å². The molecule has 10 heteroatoms. The Bertz CT molecular complexity index is 313. The lowest BCUT2D eigenvalue weighted by Crippen LogP contribution is -2.26. The molecule has 0 bridgehead atoms. The number of nitrogens with zero attached hydrogens (tertiary/aromatic N) is 2. The highest BCUT2D eigenvalue weighted by molar-refractivity contribution is 7.79. The molecule has 0 radical (unpaired) electrons. The predicted molar refractivity (Wildman–Crippen MR) is 61.6 cm³/mol. The SMILES string of the molecule is NC(N)=NOCCN1CCCC1.O=S(=O)(O)O. The molecule has 9 nitrogen and oxygen atoms in total. The number of rotatable bonds is 4. The summed E-state index contributed by atoms with van der Waals surface area (Å²) in [7, 11) is -4.67. The van der Waals surface area contributed by atoms with Crippen LogP contribution < -0.4 is 11.5 Å². The molecule has 1 heterocycles. The summed E-state index contributed by atoms with van der Waals surface area (Å²) in [5, 5.41) is 3.43. The monoisotopic (exact) mass is 270 g/mol. The molecule has 1 aliphatic rings. The molecule has 1 aliphatic heterocycles. The Hall–Kier alpha value is -1.10. The van der Waals surface area contributed by atoms with Gasteiger partial charge in [-0.3, -0.25) is 14.0 Å². The molecule has 0 atom stereocenters.